The molecule has 6 nitrogen and oxygen atoms in total. The molecule has 2 N–H and O–H groups in total. The van der Waals surface area contributed by atoms with Gasteiger partial charge >= 0.3 is 5.97 Å². The fourth-order valence-corrected chi connectivity index (χ4v) is 6.19. The van der Waals surface area contributed by atoms with Gasteiger partial charge < -0.3 is 14.9 Å². The van der Waals surface area contributed by atoms with Crippen molar-refractivity contribution in [1.82, 2.24) is 9.88 Å². The number of fused-ring (bicyclic) bond motifs is 1. The number of aliphatic hydroxyl groups is 1. The van der Waals surface area contributed by atoms with Crippen LogP contribution in [0.3, 0.4) is 0 Å². The van der Waals surface area contributed by atoms with Gasteiger partial charge in [0.25, 0.3) is 0 Å². The Balaban J connectivity index is 1.17. The number of carbonyl (C=O) groups is 1. The van der Waals surface area contributed by atoms with E-state index in [0.29, 0.717) is 31.3 Å². The van der Waals surface area contributed by atoms with E-state index in [0.717, 1.165) is 54.4 Å². The zero-order valence-electron chi connectivity index (χ0n) is 20.9. The molecule has 1 saturated carbocycles. The maximum absolute atomic E-state index is 12.2. The first-order valence-electron chi connectivity index (χ1n) is 13.1. The van der Waals surface area contributed by atoms with Crippen molar-refractivity contribution < 1.29 is 19.7 Å². The largest absolute Gasteiger partial charge is 0.497 e. The highest BCUT2D eigenvalue weighted by molar-refractivity contribution is 5.83. The van der Waals surface area contributed by atoms with E-state index in [4.69, 9.17) is 4.74 Å². The lowest BCUT2D eigenvalue weighted by molar-refractivity contribution is -0.147. The highest BCUT2D eigenvalue weighted by atomic mass is 16.5. The highest BCUT2D eigenvalue weighted by Crippen LogP contribution is 2.39. The van der Waals surface area contributed by atoms with Gasteiger partial charge in [-0.2, -0.15) is 0 Å². The van der Waals surface area contributed by atoms with Gasteiger partial charge in [-0.15, -0.1) is 0 Å². The van der Waals surface area contributed by atoms with Gasteiger partial charge in [0.1, 0.15) is 5.75 Å². The van der Waals surface area contributed by atoms with Crippen molar-refractivity contribution >= 4 is 16.9 Å². The number of ether oxygens (including phenoxy) is 1. The van der Waals surface area contributed by atoms with E-state index in [1.165, 1.54) is 5.56 Å². The van der Waals surface area contributed by atoms with Gasteiger partial charge in [-0.1, -0.05) is 30.3 Å². The number of methoxy groups -OCH3 is 1. The van der Waals surface area contributed by atoms with Crippen molar-refractivity contribution in [2.45, 2.75) is 50.7 Å². The van der Waals surface area contributed by atoms with Gasteiger partial charge in [0.05, 0.1) is 24.6 Å². The monoisotopic (exact) mass is 488 g/mol. The second-order valence-electron chi connectivity index (χ2n) is 10.5. The Morgan fingerprint density at radius 3 is 2.72 bits per heavy atom. The minimum Gasteiger partial charge on any atom is -0.497 e. The van der Waals surface area contributed by atoms with Crippen LogP contribution in [-0.2, 0) is 11.2 Å². The number of benzene rings is 2. The number of aliphatic carboxylic acids is 1. The molecular weight excluding hydrogens is 452 g/mol. The summed E-state index contributed by atoms with van der Waals surface area (Å²) in [5.74, 6) is 0.412. The Labute approximate surface area is 212 Å². The van der Waals surface area contributed by atoms with Gasteiger partial charge in [-0.25, -0.2) is 0 Å². The summed E-state index contributed by atoms with van der Waals surface area (Å²) < 4.78 is 5.35. The molecule has 0 bridgehead atoms. The lowest BCUT2D eigenvalue weighted by atomic mass is 9.73. The third kappa shape index (κ3) is 5.40. The van der Waals surface area contributed by atoms with Crippen LogP contribution in [0.1, 0.15) is 49.3 Å². The summed E-state index contributed by atoms with van der Waals surface area (Å²) in [6, 6.07) is 18.7. The smallest absolute Gasteiger partial charge is 0.308 e. The van der Waals surface area contributed by atoms with Crippen LogP contribution in [0, 0.1) is 17.8 Å². The molecule has 1 aliphatic carbocycles. The van der Waals surface area contributed by atoms with E-state index < -0.39 is 12.1 Å². The van der Waals surface area contributed by atoms with Gasteiger partial charge in [0.2, 0.25) is 0 Å². The molecule has 1 aromatic heterocycles. The molecule has 1 unspecified atom stereocenters. The number of carboxylic acid groups (broad SMARTS) is 1. The summed E-state index contributed by atoms with van der Waals surface area (Å²) in [4.78, 5) is 19.0. The number of aliphatic hydroxyl groups excluding tert-OH is 1. The first kappa shape index (κ1) is 24.7. The van der Waals surface area contributed by atoms with E-state index in [2.05, 4.69) is 40.2 Å². The number of likely N-dealkylation sites (tertiary alicyclic amines) is 1. The Kier molecular flexibility index (Phi) is 7.54. The number of piperidine rings is 1. The van der Waals surface area contributed by atoms with Crippen LogP contribution < -0.4 is 4.74 Å². The lowest BCUT2D eigenvalue weighted by Gasteiger charge is -2.47. The Morgan fingerprint density at radius 2 is 1.97 bits per heavy atom. The molecule has 2 fully saturated rings. The van der Waals surface area contributed by atoms with E-state index in [9.17, 15) is 15.0 Å². The second-order valence-corrected chi connectivity index (χ2v) is 10.5. The van der Waals surface area contributed by atoms with Gasteiger partial charge in [0.15, 0.2) is 0 Å². The summed E-state index contributed by atoms with van der Waals surface area (Å²) in [5.41, 5.74) is 3.03. The number of nitrogens with zero attached hydrogens (tertiary/aromatic N) is 2. The molecule has 190 valence electrons. The van der Waals surface area contributed by atoms with Gasteiger partial charge in [0, 0.05) is 24.2 Å². The number of hydrogen-bond acceptors (Lipinski definition) is 5. The third-order valence-electron chi connectivity index (χ3n) is 8.35. The van der Waals surface area contributed by atoms with Crippen molar-refractivity contribution in [3.8, 4) is 5.75 Å². The van der Waals surface area contributed by atoms with Crippen LogP contribution in [-0.4, -0.2) is 52.3 Å². The van der Waals surface area contributed by atoms with E-state index in [-0.39, 0.29) is 11.8 Å². The molecule has 5 rings (SSSR count). The third-order valence-corrected chi connectivity index (χ3v) is 8.35. The number of hydrogen-bond donors (Lipinski definition) is 2. The molecule has 3 aromatic rings. The van der Waals surface area contributed by atoms with E-state index in [1.807, 2.05) is 24.3 Å². The number of pyridine rings is 1. The Morgan fingerprint density at radius 1 is 1.17 bits per heavy atom. The zero-order valence-corrected chi connectivity index (χ0v) is 20.9. The molecule has 0 spiro atoms. The molecule has 2 aliphatic rings. The van der Waals surface area contributed by atoms with Crippen LogP contribution >= 0.6 is 0 Å². The quantitative estimate of drug-likeness (QED) is 0.436. The number of carboxylic acids is 1. The maximum atomic E-state index is 12.2. The average Bonchev–Trinajstić information content (AvgIpc) is 2.89. The molecule has 1 aliphatic heterocycles. The Hall–Kier alpha value is -2.96. The summed E-state index contributed by atoms with van der Waals surface area (Å²) >= 11 is 0. The van der Waals surface area contributed by atoms with Gasteiger partial charge in [-0.3, -0.25) is 14.7 Å². The van der Waals surface area contributed by atoms with Crippen LogP contribution in [0.15, 0.2) is 60.8 Å². The lowest BCUT2D eigenvalue weighted by Crippen LogP contribution is -2.52. The van der Waals surface area contributed by atoms with Crippen molar-refractivity contribution in [2.75, 3.05) is 20.2 Å². The van der Waals surface area contributed by atoms with Crippen LogP contribution in [0.5, 0.6) is 5.75 Å². The Bertz CT molecular complexity index is 1180. The summed E-state index contributed by atoms with van der Waals surface area (Å²) in [5, 5.41) is 21.9. The summed E-state index contributed by atoms with van der Waals surface area (Å²) in [6.07, 6.45) is 6.58. The fourth-order valence-electron chi connectivity index (χ4n) is 6.19. The molecule has 2 heterocycles. The standard InChI is InChI=1S/C30H36N2O4/c1-36-24-8-9-28-26(18-24)25(11-13-31-28)29(33)10-7-22-12-14-32(19-27(22)30(34)35)23-16-21(17-23)15-20-5-3-2-4-6-20/h2-6,8-9,11,13,18,21-23,27,29,33H,7,10,12,14-17,19H2,1H3,(H,34,35)/t21?,22-,23?,27+,29?/m1/s1. The van der Waals surface area contributed by atoms with Crippen molar-refractivity contribution in [2.24, 2.45) is 17.8 Å². The second kappa shape index (κ2) is 11.0. The molecule has 1 saturated heterocycles. The first-order chi connectivity index (χ1) is 17.5. The van der Waals surface area contributed by atoms with Crippen LogP contribution in [0.2, 0.25) is 0 Å². The van der Waals surface area contributed by atoms with Gasteiger partial charge in [-0.05, 0) is 92.3 Å². The minimum atomic E-state index is -0.710. The molecule has 3 atom stereocenters. The summed E-state index contributed by atoms with van der Waals surface area (Å²) in [7, 11) is 1.62. The van der Waals surface area contributed by atoms with Crippen LogP contribution in [0.4, 0.5) is 0 Å². The predicted octanol–water partition coefficient (Wildman–Crippen LogP) is 5.10. The van der Waals surface area contributed by atoms with E-state index in [1.54, 1.807) is 13.3 Å². The van der Waals surface area contributed by atoms with Crippen molar-refractivity contribution in [1.29, 1.82) is 0 Å². The highest BCUT2D eigenvalue weighted by Gasteiger charge is 2.40. The SMILES string of the molecule is COc1ccc2nccc(C(O)CC[C@@H]3CCN(C4CC(Cc5ccccc5)C4)C[C@@H]3C(=O)O)c2c1. The molecule has 36 heavy (non-hydrogen) atoms. The molecular formula is C30H36N2O4. The predicted molar refractivity (Wildman–Crippen MR) is 140 cm³/mol. The molecule has 0 amide bonds. The maximum Gasteiger partial charge on any atom is 0.308 e. The number of rotatable bonds is 9. The normalized spacial score (nSPS) is 25.3. The summed E-state index contributed by atoms with van der Waals surface area (Å²) in [6.45, 7) is 1.57. The molecule has 2 aromatic carbocycles. The number of aromatic nitrogens is 1. The zero-order chi connectivity index (χ0) is 25.1. The van der Waals surface area contributed by atoms with E-state index >= 15 is 0 Å². The average molecular weight is 489 g/mol. The minimum absolute atomic E-state index is 0.0798. The first-order valence-corrected chi connectivity index (χ1v) is 13.1. The molecule has 0 radical (unpaired) electrons. The topological polar surface area (TPSA) is 82.9 Å². The fraction of sp³-hybridized carbons (Fsp3) is 0.467. The van der Waals surface area contributed by atoms with Crippen molar-refractivity contribution in [3.63, 3.8) is 0 Å². The van der Waals surface area contributed by atoms with Crippen molar-refractivity contribution in [3.05, 3.63) is 71.9 Å². The molecule has 6 heteroatoms. The van der Waals surface area contributed by atoms with Crippen LogP contribution in [0.25, 0.3) is 10.9 Å².